The first-order chi connectivity index (χ1) is 11.5. The van der Waals surface area contributed by atoms with Gasteiger partial charge in [0.25, 0.3) is 5.91 Å². The van der Waals surface area contributed by atoms with E-state index in [0.29, 0.717) is 30.4 Å². The number of anilines is 1. The monoisotopic (exact) mass is 333 g/mol. The summed E-state index contributed by atoms with van der Waals surface area (Å²) in [5.74, 6) is -0.176. The number of carbonyl (C=O) groups is 2. The zero-order valence-electron chi connectivity index (χ0n) is 15.4. The van der Waals surface area contributed by atoms with Crippen LogP contribution >= 0.6 is 0 Å². The van der Waals surface area contributed by atoms with Gasteiger partial charge in [0.1, 0.15) is 0 Å². The maximum Gasteiger partial charge on any atom is 0.251 e. The van der Waals surface area contributed by atoms with Crippen LogP contribution in [0.5, 0.6) is 0 Å². The predicted octanol–water partition coefficient (Wildman–Crippen LogP) is 3.28. The van der Waals surface area contributed by atoms with E-state index in [4.69, 9.17) is 0 Å². The van der Waals surface area contributed by atoms with Gasteiger partial charge in [-0.1, -0.05) is 25.8 Å². The van der Waals surface area contributed by atoms with Crippen molar-refractivity contribution in [2.24, 2.45) is 0 Å². The van der Waals surface area contributed by atoms with Crippen molar-refractivity contribution < 1.29 is 9.59 Å². The molecule has 5 heteroatoms. The molecule has 1 aromatic rings. The Kier molecular flexibility index (Phi) is 9.08. The number of hydrogen-bond acceptors (Lipinski definition) is 3. The maximum atomic E-state index is 12.3. The summed E-state index contributed by atoms with van der Waals surface area (Å²) < 4.78 is 0. The molecule has 0 aliphatic rings. The molecular formula is C19H31N3O2. The number of nitrogens with zero attached hydrogens (tertiary/aromatic N) is 1. The SMILES string of the molecule is CCCCCN(CC(=O)Nc1cccc(C(=O)NCC)c1)C(C)C. The van der Waals surface area contributed by atoms with E-state index in [9.17, 15) is 9.59 Å². The number of benzene rings is 1. The number of hydrogen-bond donors (Lipinski definition) is 2. The topological polar surface area (TPSA) is 61.4 Å². The largest absolute Gasteiger partial charge is 0.352 e. The molecule has 0 aliphatic heterocycles. The second kappa shape index (κ2) is 10.8. The molecule has 0 atom stereocenters. The van der Waals surface area contributed by atoms with Crippen molar-refractivity contribution in [2.45, 2.75) is 53.0 Å². The van der Waals surface area contributed by atoms with Gasteiger partial charge in [0.2, 0.25) is 5.91 Å². The summed E-state index contributed by atoms with van der Waals surface area (Å²) in [4.78, 5) is 26.4. The van der Waals surface area contributed by atoms with Crippen molar-refractivity contribution in [2.75, 3.05) is 25.0 Å². The quantitative estimate of drug-likeness (QED) is 0.646. The van der Waals surface area contributed by atoms with Crippen molar-refractivity contribution in [3.63, 3.8) is 0 Å². The van der Waals surface area contributed by atoms with Crippen LogP contribution in [0.2, 0.25) is 0 Å². The summed E-state index contributed by atoms with van der Waals surface area (Å²) >= 11 is 0. The summed E-state index contributed by atoms with van der Waals surface area (Å²) in [6.07, 6.45) is 3.46. The molecule has 0 aliphatic carbocycles. The van der Waals surface area contributed by atoms with Crippen LogP contribution in [0.25, 0.3) is 0 Å². The molecule has 0 aromatic heterocycles. The summed E-state index contributed by atoms with van der Waals surface area (Å²) in [5.41, 5.74) is 1.21. The van der Waals surface area contributed by atoms with E-state index in [2.05, 4.69) is 36.3 Å². The zero-order chi connectivity index (χ0) is 17.9. The lowest BCUT2D eigenvalue weighted by atomic mass is 10.2. The number of carbonyl (C=O) groups excluding carboxylic acids is 2. The highest BCUT2D eigenvalue weighted by molar-refractivity contribution is 5.97. The molecule has 134 valence electrons. The third-order valence-electron chi connectivity index (χ3n) is 3.87. The van der Waals surface area contributed by atoms with Gasteiger partial charge in [-0.3, -0.25) is 14.5 Å². The van der Waals surface area contributed by atoms with Gasteiger partial charge in [0.05, 0.1) is 6.54 Å². The van der Waals surface area contributed by atoms with E-state index >= 15 is 0 Å². The molecule has 0 bridgehead atoms. The smallest absolute Gasteiger partial charge is 0.251 e. The van der Waals surface area contributed by atoms with Crippen molar-refractivity contribution in [1.82, 2.24) is 10.2 Å². The van der Waals surface area contributed by atoms with Crippen molar-refractivity contribution in [3.8, 4) is 0 Å². The summed E-state index contributed by atoms with van der Waals surface area (Å²) in [6, 6.07) is 7.36. The normalized spacial score (nSPS) is 10.9. The van der Waals surface area contributed by atoms with E-state index < -0.39 is 0 Å². The second-order valence-electron chi connectivity index (χ2n) is 6.26. The lowest BCUT2D eigenvalue weighted by molar-refractivity contribution is -0.117. The molecule has 5 nitrogen and oxygen atoms in total. The van der Waals surface area contributed by atoms with E-state index in [1.165, 1.54) is 12.8 Å². The van der Waals surface area contributed by atoms with Gasteiger partial charge in [-0.2, -0.15) is 0 Å². The molecule has 1 rings (SSSR count). The first kappa shape index (κ1) is 20.2. The number of nitrogens with one attached hydrogen (secondary N) is 2. The fraction of sp³-hybridized carbons (Fsp3) is 0.579. The highest BCUT2D eigenvalue weighted by atomic mass is 16.2. The Morgan fingerprint density at radius 3 is 2.54 bits per heavy atom. The average Bonchev–Trinajstić information content (AvgIpc) is 2.54. The minimum Gasteiger partial charge on any atom is -0.352 e. The average molecular weight is 333 g/mol. The zero-order valence-corrected chi connectivity index (χ0v) is 15.4. The van der Waals surface area contributed by atoms with Gasteiger partial charge < -0.3 is 10.6 Å². The molecule has 1 aromatic carbocycles. The molecule has 0 spiro atoms. The number of rotatable bonds is 10. The first-order valence-electron chi connectivity index (χ1n) is 8.90. The first-order valence-corrected chi connectivity index (χ1v) is 8.90. The molecule has 0 radical (unpaired) electrons. The minimum atomic E-state index is -0.128. The maximum absolute atomic E-state index is 12.3. The van der Waals surface area contributed by atoms with Crippen LogP contribution in [-0.2, 0) is 4.79 Å². The minimum absolute atomic E-state index is 0.0479. The lowest BCUT2D eigenvalue weighted by Gasteiger charge is -2.25. The highest BCUT2D eigenvalue weighted by Gasteiger charge is 2.14. The summed E-state index contributed by atoms with van der Waals surface area (Å²) in [6.45, 7) is 10.1. The molecule has 0 saturated heterocycles. The fourth-order valence-electron chi connectivity index (χ4n) is 2.47. The Bertz CT molecular complexity index is 529. The predicted molar refractivity (Wildman–Crippen MR) is 99.3 cm³/mol. The molecule has 2 N–H and O–H groups in total. The molecular weight excluding hydrogens is 302 g/mol. The van der Waals surface area contributed by atoms with Crippen molar-refractivity contribution >= 4 is 17.5 Å². The Morgan fingerprint density at radius 1 is 1.17 bits per heavy atom. The molecule has 0 unspecified atom stereocenters. The van der Waals surface area contributed by atoms with Crippen molar-refractivity contribution in [1.29, 1.82) is 0 Å². The van der Waals surface area contributed by atoms with Gasteiger partial charge in [-0.15, -0.1) is 0 Å². The molecule has 24 heavy (non-hydrogen) atoms. The van der Waals surface area contributed by atoms with E-state index in [1.54, 1.807) is 24.3 Å². The van der Waals surface area contributed by atoms with Gasteiger partial charge in [-0.25, -0.2) is 0 Å². The highest BCUT2D eigenvalue weighted by Crippen LogP contribution is 2.11. The van der Waals surface area contributed by atoms with Gasteiger partial charge in [-0.05, 0) is 51.9 Å². The van der Waals surface area contributed by atoms with Crippen molar-refractivity contribution in [3.05, 3.63) is 29.8 Å². The third-order valence-corrected chi connectivity index (χ3v) is 3.87. The fourth-order valence-corrected chi connectivity index (χ4v) is 2.47. The molecule has 0 saturated carbocycles. The Hall–Kier alpha value is -1.88. The molecule has 0 fully saturated rings. The van der Waals surface area contributed by atoms with Crippen LogP contribution in [-0.4, -0.2) is 42.4 Å². The number of unbranched alkanes of at least 4 members (excludes halogenated alkanes) is 2. The summed E-state index contributed by atoms with van der Waals surface area (Å²) in [7, 11) is 0. The van der Waals surface area contributed by atoms with Crippen LogP contribution < -0.4 is 10.6 Å². The third kappa shape index (κ3) is 7.13. The van der Waals surface area contributed by atoms with Crippen LogP contribution in [0.3, 0.4) is 0 Å². The van der Waals surface area contributed by atoms with Crippen LogP contribution in [0, 0.1) is 0 Å². The number of amides is 2. The molecule has 2 amide bonds. The lowest BCUT2D eigenvalue weighted by Crippen LogP contribution is -2.38. The van der Waals surface area contributed by atoms with Gasteiger partial charge in [0, 0.05) is 23.8 Å². The second-order valence-corrected chi connectivity index (χ2v) is 6.26. The van der Waals surface area contributed by atoms with Crippen LogP contribution in [0.4, 0.5) is 5.69 Å². The Morgan fingerprint density at radius 2 is 1.92 bits per heavy atom. The van der Waals surface area contributed by atoms with Gasteiger partial charge in [0.15, 0.2) is 0 Å². The molecule has 0 heterocycles. The van der Waals surface area contributed by atoms with E-state index in [1.807, 2.05) is 6.92 Å². The van der Waals surface area contributed by atoms with Gasteiger partial charge >= 0.3 is 0 Å². The van der Waals surface area contributed by atoms with E-state index in [0.717, 1.165) is 13.0 Å². The summed E-state index contributed by atoms with van der Waals surface area (Å²) in [5, 5.41) is 5.65. The van der Waals surface area contributed by atoms with Crippen LogP contribution in [0.15, 0.2) is 24.3 Å². The standard InChI is InChI=1S/C19H31N3O2/c1-5-7-8-12-22(15(3)4)14-18(23)21-17-11-9-10-16(13-17)19(24)20-6-2/h9-11,13,15H,5-8,12,14H2,1-4H3,(H,20,24)(H,21,23). The van der Waals surface area contributed by atoms with E-state index in [-0.39, 0.29) is 11.8 Å². The Balaban J connectivity index is 2.62. The Labute approximate surface area is 145 Å². The van der Waals surface area contributed by atoms with Crippen LogP contribution in [0.1, 0.15) is 57.3 Å².